The standard InChI is InChI=1S/C20H25NO4/c22-9-6-12-1-3-13(4-2-12)21-8-5-14-15-11-16(23)17(18(14)21)19-20(15,24)7-10-25-19/h1-4,14-15,17-19,22,24H,5-11H2/t14-,15+,17-,18-,19-,20-/m1/s1. The summed E-state index contributed by atoms with van der Waals surface area (Å²) >= 11 is 0. The molecule has 2 bridgehead atoms. The Kier molecular flexibility index (Phi) is 3.50. The van der Waals surface area contributed by atoms with Crippen molar-refractivity contribution >= 4 is 11.5 Å². The number of fused-ring (bicyclic) bond motifs is 1. The zero-order valence-corrected chi connectivity index (χ0v) is 14.3. The van der Waals surface area contributed by atoms with Crippen LogP contribution in [0.5, 0.6) is 0 Å². The van der Waals surface area contributed by atoms with Gasteiger partial charge in [0.15, 0.2) is 0 Å². The number of anilines is 1. The molecular formula is C20H25NO4. The summed E-state index contributed by atoms with van der Waals surface area (Å²) in [7, 11) is 0. The van der Waals surface area contributed by atoms with Crippen molar-refractivity contribution in [2.75, 3.05) is 24.7 Å². The number of ketones is 1. The number of carbonyl (C=O) groups is 1. The zero-order chi connectivity index (χ0) is 17.2. The van der Waals surface area contributed by atoms with Crippen LogP contribution < -0.4 is 4.90 Å². The highest BCUT2D eigenvalue weighted by Gasteiger charge is 2.68. The Hall–Kier alpha value is -1.43. The predicted octanol–water partition coefficient (Wildman–Crippen LogP) is 1.16. The maximum absolute atomic E-state index is 12.8. The third-order valence-electron chi connectivity index (χ3n) is 7.11. The first-order valence-electron chi connectivity index (χ1n) is 9.46. The minimum Gasteiger partial charge on any atom is -0.396 e. The van der Waals surface area contributed by atoms with Crippen LogP contribution in [-0.4, -0.2) is 53.5 Å². The van der Waals surface area contributed by atoms with Gasteiger partial charge >= 0.3 is 0 Å². The van der Waals surface area contributed by atoms with E-state index in [9.17, 15) is 9.90 Å². The Balaban J connectivity index is 1.49. The summed E-state index contributed by atoms with van der Waals surface area (Å²) in [5, 5.41) is 20.3. The number of benzene rings is 1. The molecule has 0 amide bonds. The van der Waals surface area contributed by atoms with Gasteiger partial charge in [-0.25, -0.2) is 0 Å². The highest BCUT2D eigenvalue weighted by Crippen LogP contribution is 2.58. The topological polar surface area (TPSA) is 70.0 Å². The van der Waals surface area contributed by atoms with E-state index in [4.69, 9.17) is 9.84 Å². The van der Waals surface area contributed by atoms with Gasteiger partial charge in [0.25, 0.3) is 0 Å². The third kappa shape index (κ3) is 2.09. The highest BCUT2D eigenvalue weighted by atomic mass is 16.5. The molecule has 2 aliphatic heterocycles. The Morgan fingerprint density at radius 1 is 1.28 bits per heavy atom. The van der Waals surface area contributed by atoms with E-state index >= 15 is 0 Å². The molecular weight excluding hydrogens is 318 g/mol. The van der Waals surface area contributed by atoms with E-state index in [0.29, 0.717) is 31.8 Å². The van der Waals surface area contributed by atoms with Crippen molar-refractivity contribution in [1.82, 2.24) is 0 Å². The number of Topliss-reactive ketones (excluding diaryl/α,β-unsaturated/α-hetero) is 1. The SMILES string of the molecule is O=C1C[C@H]2[C@H]3CCN(c4ccc(CCO)cc4)[C@H]3[C@@H]1[C@H]1OCC[C@]12O. The quantitative estimate of drug-likeness (QED) is 0.862. The first-order chi connectivity index (χ1) is 12.1. The summed E-state index contributed by atoms with van der Waals surface area (Å²) in [5.74, 6) is 0.484. The van der Waals surface area contributed by atoms with Crippen LogP contribution in [0, 0.1) is 17.8 Å². The van der Waals surface area contributed by atoms with Gasteiger partial charge in [-0.1, -0.05) is 12.1 Å². The van der Waals surface area contributed by atoms with Gasteiger partial charge in [0.05, 0.1) is 17.6 Å². The van der Waals surface area contributed by atoms with E-state index in [1.54, 1.807) is 0 Å². The van der Waals surface area contributed by atoms with Crippen LogP contribution in [0.25, 0.3) is 0 Å². The fourth-order valence-corrected chi connectivity index (χ4v) is 6.06. The number of nitrogens with zero attached hydrogens (tertiary/aromatic N) is 1. The monoisotopic (exact) mass is 343 g/mol. The van der Waals surface area contributed by atoms with E-state index in [1.807, 2.05) is 0 Å². The summed E-state index contributed by atoms with van der Waals surface area (Å²) in [5.41, 5.74) is 1.47. The van der Waals surface area contributed by atoms with Crippen LogP contribution >= 0.6 is 0 Å². The Labute approximate surface area is 147 Å². The van der Waals surface area contributed by atoms with Crippen LogP contribution in [0.4, 0.5) is 5.69 Å². The minimum atomic E-state index is -0.791. The molecule has 3 aliphatic carbocycles. The van der Waals surface area contributed by atoms with Crippen molar-refractivity contribution in [2.45, 2.75) is 43.4 Å². The van der Waals surface area contributed by atoms with Gasteiger partial charge in [-0.3, -0.25) is 4.79 Å². The number of hydrogen-bond donors (Lipinski definition) is 2. The van der Waals surface area contributed by atoms with Gasteiger partial charge < -0.3 is 19.8 Å². The molecule has 0 unspecified atom stereocenters. The molecule has 5 nitrogen and oxygen atoms in total. The van der Waals surface area contributed by atoms with E-state index in [2.05, 4.69) is 29.2 Å². The van der Waals surface area contributed by atoms with Crippen LogP contribution in [0.2, 0.25) is 0 Å². The highest BCUT2D eigenvalue weighted by molar-refractivity contribution is 5.86. The van der Waals surface area contributed by atoms with Crippen molar-refractivity contribution in [3.8, 4) is 0 Å². The van der Waals surface area contributed by atoms with Crippen molar-refractivity contribution in [3.63, 3.8) is 0 Å². The van der Waals surface area contributed by atoms with E-state index in [-0.39, 0.29) is 36.4 Å². The molecule has 5 fully saturated rings. The lowest BCUT2D eigenvalue weighted by Gasteiger charge is -2.56. The summed E-state index contributed by atoms with van der Waals surface area (Å²) in [6.07, 6.45) is 2.57. The lowest BCUT2D eigenvalue weighted by Crippen LogP contribution is -2.69. The molecule has 25 heavy (non-hydrogen) atoms. The smallest absolute Gasteiger partial charge is 0.141 e. The summed E-state index contributed by atoms with van der Waals surface area (Å²) < 4.78 is 5.88. The molecule has 134 valence electrons. The molecule has 5 aliphatic rings. The number of ether oxygens (including phenoxy) is 1. The fourth-order valence-electron chi connectivity index (χ4n) is 6.06. The Morgan fingerprint density at radius 3 is 2.84 bits per heavy atom. The molecule has 0 aromatic heterocycles. The van der Waals surface area contributed by atoms with Gasteiger partial charge in [-0.2, -0.15) is 0 Å². The normalized spacial score (nSPS) is 41.9. The fraction of sp³-hybridized carbons (Fsp3) is 0.650. The van der Waals surface area contributed by atoms with Gasteiger partial charge in [-0.15, -0.1) is 0 Å². The average molecular weight is 343 g/mol. The van der Waals surface area contributed by atoms with Crippen LogP contribution in [0.3, 0.4) is 0 Å². The molecule has 2 saturated heterocycles. The molecule has 0 spiro atoms. The lowest BCUT2D eigenvalue weighted by atomic mass is 9.53. The number of rotatable bonds is 3. The molecule has 6 rings (SSSR count). The van der Waals surface area contributed by atoms with Crippen molar-refractivity contribution in [3.05, 3.63) is 29.8 Å². The maximum Gasteiger partial charge on any atom is 0.141 e. The van der Waals surface area contributed by atoms with Gasteiger partial charge in [-0.05, 0) is 36.5 Å². The summed E-state index contributed by atoms with van der Waals surface area (Å²) in [4.78, 5) is 15.1. The van der Waals surface area contributed by atoms with E-state index < -0.39 is 5.60 Å². The molecule has 3 saturated carbocycles. The van der Waals surface area contributed by atoms with E-state index in [1.165, 1.54) is 0 Å². The van der Waals surface area contributed by atoms with Crippen LogP contribution in [-0.2, 0) is 16.0 Å². The zero-order valence-electron chi connectivity index (χ0n) is 14.3. The van der Waals surface area contributed by atoms with Gasteiger partial charge in [0.1, 0.15) is 5.78 Å². The second-order valence-corrected chi connectivity index (χ2v) is 8.11. The van der Waals surface area contributed by atoms with Crippen LogP contribution in [0.1, 0.15) is 24.8 Å². The third-order valence-corrected chi connectivity index (χ3v) is 7.11. The first-order valence-corrected chi connectivity index (χ1v) is 9.46. The minimum absolute atomic E-state index is 0.0427. The Bertz CT molecular complexity index is 689. The van der Waals surface area contributed by atoms with Crippen molar-refractivity contribution in [1.29, 1.82) is 0 Å². The molecule has 1 aromatic rings. The number of carbonyl (C=O) groups excluding carboxylic acids is 1. The molecule has 6 atom stereocenters. The number of aliphatic hydroxyl groups excluding tert-OH is 1. The largest absolute Gasteiger partial charge is 0.396 e. The molecule has 2 N–H and O–H groups in total. The van der Waals surface area contributed by atoms with Crippen molar-refractivity contribution < 1.29 is 19.7 Å². The maximum atomic E-state index is 12.8. The summed E-state index contributed by atoms with van der Waals surface area (Å²) in [6.45, 7) is 1.65. The average Bonchev–Trinajstić information content (AvgIpc) is 3.21. The molecule has 2 heterocycles. The van der Waals surface area contributed by atoms with Gasteiger partial charge in [0, 0.05) is 50.2 Å². The molecule has 0 radical (unpaired) electrons. The number of aliphatic hydroxyl groups is 2. The molecule has 1 aromatic carbocycles. The Morgan fingerprint density at radius 2 is 2.08 bits per heavy atom. The lowest BCUT2D eigenvalue weighted by molar-refractivity contribution is -0.186. The summed E-state index contributed by atoms with van der Waals surface area (Å²) in [6, 6.07) is 8.47. The van der Waals surface area contributed by atoms with Crippen molar-refractivity contribution in [2.24, 2.45) is 17.8 Å². The van der Waals surface area contributed by atoms with Gasteiger partial charge in [0.2, 0.25) is 0 Å². The second-order valence-electron chi connectivity index (χ2n) is 8.11. The number of hydrogen-bond acceptors (Lipinski definition) is 5. The predicted molar refractivity (Wildman–Crippen MR) is 92.4 cm³/mol. The van der Waals surface area contributed by atoms with Crippen LogP contribution in [0.15, 0.2) is 24.3 Å². The van der Waals surface area contributed by atoms with E-state index in [0.717, 1.165) is 24.2 Å². The molecule has 5 heteroatoms. The first kappa shape index (κ1) is 15.8. The second kappa shape index (κ2) is 5.53.